The van der Waals surface area contributed by atoms with Crippen LogP contribution in [0.4, 0.5) is 0 Å². The van der Waals surface area contributed by atoms with Crippen molar-refractivity contribution in [2.75, 3.05) is 0 Å². The van der Waals surface area contributed by atoms with Gasteiger partial charge in [0.25, 0.3) is 0 Å². The van der Waals surface area contributed by atoms with E-state index in [1.807, 2.05) is 13.8 Å². The molecule has 1 unspecified atom stereocenters. The van der Waals surface area contributed by atoms with Crippen molar-refractivity contribution in [1.29, 1.82) is 5.26 Å². The Labute approximate surface area is 133 Å². The zero-order valence-corrected chi connectivity index (χ0v) is 13.5. The van der Waals surface area contributed by atoms with E-state index >= 15 is 0 Å². The predicted molar refractivity (Wildman–Crippen MR) is 80.9 cm³/mol. The molecule has 19 heavy (non-hydrogen) atoms. The Kier molecular flexibility index (Phi) is 4.02. The van der Waals surface area contributed by atoms with E-state index in [1.165, 1.54) is 0 Å². The topological polar surface area (TPSA) is 23.8 Å². The van der Waals surface area contributed by atoms with E-state index in [0.717, 1.165) is 0 Å². The van der Waals surface area contributed by atoms with Gasteiger partial charge in [-0.1, -0.05) is 60.8 Å². The maximum atomic E-state index is 9.12. The van der Waals surface area contributed by atoms with Gasteiger partial charge in [-0.3, -0.25) is 0 Å². The van der Waals surface area contributed by atoms with Crippen LogP contribution in [0, 0.1) is 28.6 Å². The Balaban J connectivity index is 2.26. The summed E-state index contributed by atoms with van der Waals surface area (Å²) in [5.41, 5.74) is 0.544. The minimum atomic E-state index is -1.24. The van der Waals surface area contributed by atoms with Gasteiger partial charge in [0.2, 0.25) is 0 Å². The minimum Gasteiger partial charge on any atom is -0.198 e. The van der Waals surface area contributed by atoms with Crippen molar-refractivity contribution in [3.63, 3.8) is 0 Å². The molecule has 1 saturated carbocycles. The summed E-state index contributed by atoms with van der Waals surface area (Å²) in [4.78, 5) is 0. The molecular weight excluding hydrogens is 324 g/mol. The van der Waals surface area contributed by atoms with Crippen LogP contribution in [0.2, 0.25) is 5.02 Å². The first-order chi connectivity index (χ1) is 8.72. The molecule has 0 amide bonds. The van der Waals surface area contributed by atoms with Crippen molar-refractivity contribution in [3.05, 3.63) is 34.9 Å². The van der Waals surface area contributed by atoms with Crippen molar-refractivity contribution in [2.45, 2.75) is 23.6 Å². The van der Waals surface area contributed by atoms with E-state index < -0.39 is 9.71 Å². The molecule has 0 N–H and O–H groups in total. The number of hydrogen-bond acceptors (Lipinski definition) is 1. The number of hydrogen-bond donors (Lipinski definition) is 0. The lowest BCUT2D eigenvalue weighted by molar-refractivity contribution is 0.517. The summed E-state index contributed by atoms with van der Waals surface area (Å²) in [7, 11) is 0. The molecular formula is C14H13Cl4N. The minimum absolute atomic E-state index is 0.0233. The molecule has 0 aromatic heterocycles. The molecule has 0 radical (unpaired) electrons. The highest BCUT2D eigenvalue weighted by molar-refractivity contribution is 6.52. The second-order valence-corrected chi connectivity index (χ2v) is 7.78. The number of nitriles is 1. The SMILES string of the molecule is CC1(C)[C@H](C#N)[C@H]1C(Cl)C(Cl)(Cl)c1ccc(Cl)cc1. The first-order valence-electron chi connectivity index (χ1n) is 5.90. The summed E-state index contributed by atoms with van der Waals surface area (Å²) < 4.78 is -1.24. The molecule has 1 fully saturated rings. The zero-order chi connectivity index (χ0) is 14.4. The normalized spacial score (nSPS) is 26.6. The van der Waals surface area contributed by atoms with Crippen LogP contribution in [-0.4, -0.2) is 5.38 Å². The van der Waals surface area contributed by atoms with E-state index in [0.29, 0.717) is 10.6 Å². The quantitative estimate of drug-likeness (QED) is 0.680. The predicted octanol–water partition coefficient (Wildman–Crippen LogP) is 5.37. The lowest BCUT2D eigenvalue weighted by Gasteiger charge is -2.26. The number of nitrogens with zero attached hydrogens (tertiary/aromatic N) is 1. The van der Waals surface area contributed by atoms with Crippen LogP contribution in [-0.2, 0) is 4.33 Å². The molecule has 2 rings (SSSR count). The van der Waals surface area contributed by atoms with E-state index in [1.54, 1.807) is 24.3 Å². The van der Waals surface area contributed by atoms with Crippen molar-refractivity contribution in [1.82, 2.24) is 0 Å². The van der Waals surface area contributed by atoms with E-state index in [4.69, 9.17) is 51.7 Å². The molecule has 102 valence electrons. The van der Waals surface area contributed by atoms with Gasteiger partial charge >= 0.3 is 0 Å². The summed E-state index contributed by atoms with van der Waals surface area (Å²) >= 11 is 25.2. The average Bonchev–Trinajstić information content (AvgIpc) is 2.90. The van der Waals surface area contributed by atoms with E-state index in [9.17, 15) is 0 Å². The molecule has 0 spiro atoms. The molecule has 0 bridgehead atoms. The van der Waals surface area contributed by atoms with Crippen LogP contribution >= 0.6 is 46.4 Å². The second-order valence-electron chi connectivity index (χ2n) is 5.49. The molecule has 1 nitrogen and oxygen atoms in total. The van der Waals surface area contributed by atoms with Gasteiger partial charge in [-0.2, -0.15) is 5.26 Å². The highest BCUT2D eigenvalue weighted by Gasteiger charge is 2.65. The van der Waals surface area contributed by atoms with Crippen LogP contribution < -0.4 is 0 Å². The number of benzene rings is 1. The standard InChI is InChI=1S/C14H13Cl4N/c1-13(2)10(7-19)11(13)12(16)14(17,18)8-3-5-9(15)6-4-8/h3-6,10-12H,1-2H3/t10-,11+,12?/m1/s1. The summed E-state index contributed by atoms with van der Waals surface area (Å²) in [6, 6.07) is 9.23. The van der Waals surface area contributed by atoms with Crippen molar-refractivity contribution in [3.8, 4) is 6.07 Å². The highest BCUT2D eigenvalue weighted by Crippen LogP contribution is 2.64. The van der Waals surface area contributed by atoms with Crippen molar-refractivity contribution in [2.24, 2.45) is 17.3 Å². The number of rotatable bonds is 3. The van der Waals surface area contributed by atoms with Gasteiger partial charge in [-0.25, -0.2) is 0 Å². The fourth-order valence-corrected chi connectivity index (χ4v) is 3.77. The maximum absolute atomic E-state index is 9.12. The van der Waals surface area contributed by atoms with Crippen LogP contribution in [0.3, 0.4) is 0 Å². The first kappa shape index (κ1) is 15.3. The Bertz CT molecular complexity index is 515. The lowest BCUT2D eigenvalue weighted by Crippen LogP contribution is -2.27. The molecule has 5 heteroatoms. The Morgan fingerprint density at radius 3 is 2.21 bits per heavy atom. The smallest absolute Gasteiger partial charge is 0.159 e. The third-order valence-corrected chi connectivity index (χ3v) is 5.92. The maximum Gasteiger partial charge on any atom is 0.159 e. The first-order valence-corrected chi connectivity index (χ1v) is 7.47. The van der Waals surface area contributed by atoms with Gasteiger partial charge in [0, 0.05) is 10.9 Å². The second kappa shape index (κ2) is 5.01. The highest BCUT2D eigenvalue weighted by atomic mass is 35.5. The van der Waals surface area contributed by atoms with Gasteiger partial charge in [0.1, 0.15) is 0 Å². The Morgan fingerprint density at radius 1 is 1.26 bits per heavy atom. The number of alkyl halides is 3. The van der Waals surface area contributed by atoms with Gasteiger partial charge in [-0.15, -0.1) is 11.6 Å². The summed E-state index contributed by atoms with van der Waals surface area (Å²) in [6.07, 6.45) is 0. The van der Waals surface area contributed by atoms with Crippen LogP contribution in [0.25, 0.3) is 0 Å². The summed E-state index contributed by atoms with van der Waals surface area (Å²) in [5.74, 6) is -0.135. The molecule has 0 aliphatic heterocycles. The fourth-order valence-electron chi connectivity index (χ4n) is 2.53. The molecule has 1 aliphatic rings. The average molecular weight is 337 g/mol. The fraction of sp³-hybridized carbons (Fsp3) is 0.500. The van der Waals surface area contributed by atoms with Crippen LogP contribution in [0.15, 0.2) is 24.3 Å². The number of halogens is 4. The van der Waals surface area contributed by atoms with Gasteiger partial charge in [0.05, 0.1) is 17.4 Å². The molecule has 1 aromatic rings. The van der Waals surface area contributed by atoms with Gasteiger partial charge in [-0.05, 0) is 23.1 Å². The lowest BCUT2D eigenvalue weighted by atomic mass is 10.0. The van der Waals surface area contributed by atoms with Crippen molar-refractivity contribution >= 4 is 46.4 Å². The van der Waals surface area contributed by atoms with Crippen LogP contribution in [0.1, 0.15) is 19.4 Å². The monoisotopic (exact) mass is 335 g/mol. The third kappa shape index (κ3) is 2.57. The van der Waals surface area contributed by atoms with Gasteiger partial charge < -0.3 is 0 Å². The van der Waals surface area contributed by atoms with Crippen LogP contribution in [0.5, 0.6) is 0 Å². The summed E-state index contributed by atoms with van der Waals surface area (Å²) in [5, 5.41) is 9.20. The zero-order valence-electron chi connectivity index (χ0n) is 10.5. The summed E-state index contributed by atoms with van der Waals surface area (Å²) in [6.45, 7) is 4.01. The van der Waals surface area contributed by atoms with Gasteiger partial charge in [0.15, 0.2) is 4.33 Å². The Morgan fingerprint density at radius 2 is 1.79 bits per heavy atom. The Hall–Kier alpha value is -0.130. The van der Waals surface area contributed by atoms with E-state index in [2.05, 4.69) is 6.07 Å². The largest absolute Gasteiger partial charge is 0.198 e. The van der Waals surface area contributed by atoms with Crippen molar-refractivity contribution < 1.29 is 0 Å². The molecule has 1 aliphatic carbocycles. The third-order valence-electron chi connectivity index (χ3n) is 3.94. The molecule has 0 heterocycles. The molecule has 3 atom stereocenters. The molecule has 0 saturated heterocycles. The van der Waals surface area contributed by atoms with E-state index in [-0.39, 0.29) is 17.3 Å². The molecule has 1 aromatic carbocycles.